The molecule has 1 rings (SSSR count). The van der Waals surface area contributed by atoms with Crippen LogP contribution in [0.3, 0.4) is 0 Å². The van der Waals surface area contributed by atoms with E-state index < -0.39 is 97.2 Å². The zero-order chi connectivity index (χ0) is 54.8. The zero-order valence-electron chi connectivity index (χ0n) is 47.3. The first kappa shape index (κ1) is 68.2. The second-order valence-electron chi connectivity index (χ2n) is 20.8. The van der Waals surface area contributed by atoms with E-state index in [2.05, 4.69) is 31.4 Å². The van der Waals surface area contributed by atoms with E-state index in [0.717, 1.165) is 90.9 Å². The molecule has 1 aliphatic heterocycles. The monoisotopic (exact) mass is 1050 g/mol. The Balaban J connectivity index is 3.26. The third kappa shape index (κ3) is 34.7. The van der Waals surface area contributed by atoms with Gasteiger partial charge in [-0.3, -0.25) is 28.8 Å². The highest BCUT2D eigenvalue weighted by atomic mass is 16.7. The normalized spacial score (nSPS) is 18.7. The average molecular weight is 1050 g/mol. The Kier molecular flexibility index (Phi) is 40.9. The van der Waals surface area contributed by atoms with E-state index >= 15 is 0 Å². The topological polar surface area (TPSA) is 219 Å². The second kappa shape index (κ2) is 44.3. The van der Waals surface area contributed by atoms with Crippen LogP contribution in [0.15, 0.2) is 0 Å². The van der Waals surface area contributed by atoms with Crippen molar-refractivity contribution in [2.24, 2.45) is 0 Å². The lowest BCUT2D eigenvalue weighted by molar-refractivity contribution is -0.288. The molecule has 0 saturated carbocycles. The van der Waals surface area contributed by atoms with Gasteiger partial charge >= 0.3 is 29.8 Å². The van der Waals surface area contributed by atoms with Crippen LogP contribution in [0.5, 0.6) is 0 Å². The van der Waals surface area contributed by atoms with Crippen molar-refractivity contribution in [3.05, 3.63) is 0 Å². The van der Waals surface area contributed by atoms with Gasteiger partial charge in [0.2, 0.25) is 11.8 Å². The van der Waals surface area contributed by atoms with Crippen molar-refractivity contribution in [2.45, 2.75) is 322 Å². The Bertz CT molecular complexity index is 1530. The predicted molar refractivity (Wildman–Crippen MR) is 287 cm³/mol. The maximum atomic E-state index is 14.3. The first-order chi connectivity index (χ1) is 35.6. The SMILES string of the molecule is CCCCCCCCCCCCCC(=O)N[C@H](C(=O)O)[C@H](C)O[C@@H]1O[C@H](COC(C)=O)[C@@H](OC(C)=O)[C@H](OC(C)=O)[C@H]1NC(=O)C[C@@H](CCCCCCCCCCC)OC(=O)CCCCCCCCCCCCC. The fraction of sp³-hybridized carbons (Fsp3) is 0.879. The van der Waals surface area contributed by atoms with Gasteiger partial charge in [-0.15, -0.1) is 0 Å². The van der Waals surface area contributed by atoms with Crippen LogP contribution >= 0.6 is 0 Å². The maximum Gasteiger partial charge on any atom is 0.328 e. The minimum absolute atomic E-state index is 0.110. The third-order valence-corrected chi connectivity index (χ3v) is 13.8. The van der Waals surface area contributed by atoms with Crippen molar-refractivity contribution in [1.29, 1.82) is 0 Å². The molecule has 0 unspecified atom stereocenters. The molecule has 0 spiro atoms. The van der Waals surface area contributed by atoms with Crippen molar-refractivity contribution in [3.63, 3.8) is 0 Å². The fourth-order valence-corrected chi connectivity index (χ4v) is 9.55. The molecule has 16 nitrogen and oxygen atoms in total. The number of carbonyl (C=O) groups is 7. The molecule has 3 N–H and O–H groups in total. The van der Waals surface area contributed by atoms with Gasteiger partial charge in [-0.05, 0) is 32.6 Å². The number of amides is 2. The lowest BCUT2D eigenvalue weighted by atomic mass is 9.95. The number of ether oxygens (including phenoxy) is 6. The average Bonchev–Trinajstić information content (AvgIpc) is 3.34. The highest BCUT2D eigenvalue weighted by Gasteiger charge is 2.52. The number of hydrogen-bond donors (Lipinski definition) is 3. The lowest BCUT2D eigenvalue weighted by Gasteiger charge is -2.46. The van der Waals surface area contributed by atoms with Gasteiger partial charge in [0.1, 0.15) is 24.9 Å². The van der Waals surface area contributed by atoms with Crippen LogP contribution in [0.4, 0.5) is 0 Å². The number of nitrogens with one attached hydrogen (secondary N) is 2. The number of carbonyl (C=O) groups excluding carboxylic acids is 6. The van der Waals surface area contributed by atoms with Crippen LogP contribution in [-0.2, 0) is 62.0 Å². The molecule has 2 amide bonds. The molecule has 16 heteroatoms. The van der Waals surface area contributed by atoms with E-state index in [1.54, 1.807) is 0 Å². The predicted octanol–water partition coefficient (Wildman–Crippen LogP) is 12.2. The smallest absolute Gasteiger partial charge is 0.328 e. The fourth-order valence-electron chi connectivity index (χ4n) is 9.55. The van der Waals surface area contributed by atoms with Crippen LogP contribution in [0.2, 0.25) is 0 Å². The standard InChI is InChI=1S/C58H104N2O14/c1-8-11-14-17-20-23-25-28-31-34-37-40-50(64)59-53(57(67)68)44(4)70-58-54(56(72-47(7)63)55(71-46(6)62)49(74-58)43-69-45(5)61)60-51(65)42-48(39-36-33-30-27-22-19-16-13-10-3)73-52(66)41-38-35-32-29-26-24-21-18-15-12-9-2/h44,48-49,53-56,58H,8-43H2,1-7H3,(H,59,64)(H,60,65)(H,67,68)/t44-,48+,49+,53-,54+,55+,56+,58+/m0/s1. The summed E-state index contributed by atoms with van der Waals surface area (Å²) in [6.07, 6.45) is 26.9. The molecular weight excluding hydrogens is 949 g/mol. The molecule has 1 saturated heterocycles. The number of aliphatic carboxylic acids is 1. The van der Waals surface area contributed by atoms with Gasteiger partial charge in [-0.25, -0.2) is 4.79 Å². The first-order valence-corrected chi connectivity index (χ1v) is 29.4. The highest BCUT2D eigenvalue weighted by Crippen LogP contribution is 2.30. The van der Waals surface area contributed by atoms with E-state index in [-0.39, 0.29) is 19.3 Å². The van der Waals surface area contributed by atoms with Crippen molar-refractivity contribution < 1.29 is 67.1 Å². The molecule has 1 heterocycles. The van der Waals surface area contributed by atoms with E-state index in [9.17, 15) is 38.7 Å². The van der Waals surface area contributed by atoms with E-state index in [1.165, 1.54) is 123 Å². The Morgan fingerprint density at radius 1 is 0.527 bits per heavy atom. The summed E-state index contributed by atoms with van der Waals surface area (Å²) < 4.78 is 35.1. The van der Waals surface area contributed by atoms with Crippen LogP contribution in [0.25, 0.3) is 0 Å². The number of unbranched alkanes of at least 4 members (excludes halogenated alkanes) is 28. The lowest BCUT2D eigenvalue weighted by Crippen LogP contribution is -2.67. The van der Waals surface area contributed by atoms with Gasteiger partial charge in [0.25, 0.3) is 0 Å². The third-order valence-electron chi connectivity index (χ3n) is 13.8. The zero-order valence-corrected chi connectivity index (χ0v) is 47.3. The van der Waals surface area contributed by atoms with Gasteiger partial charge < -0.3 is 44.2 Å². The van der Waals surface area contributed by atoms with Crippen LogP contribution < -0.4 is 10.6 Å². The molecule has 74 heavy (non-hydrogen) atoms. The number of rotatable bonds is 47. The van der Waals surface area contributed by atoms with E-state index in [1.807, 2.05) is 0 Å². The van der Waals surface area contributed by atoms with Gasteiger partial charge in [-0.2, -0.15) is 0 Å². The molecule has 1 fully saturated rings. The van der Waals surface area contributed by atoms with Crippen LogP contribution in [0, 0.1) is 0 Å². The molecule has 0 aromatic heterocycles. The number of esters is 4. The molecule has 0 radical (unpaired) electrons. The van der Waals surface area contributed by atoms with Gasteiger partial charge in [0.15, 0.2) is 24.5 Å². The first-order valence-electron chi connectivity index (χ1n) is 29.4. The van der Waals surface area contributed by atoms with Crippen molar-refractivity contribution in [2.75, 3.05) is 6.61 Å². The molecule has 0 aromatic carbocycles. The Labute approximate surface area is 446 Å². The van der Waals surface area contributed by atoms with Crippen molar-refractivity contribution in [3.8, 4) is 0 Å². The Hall–Kier alpha value is -3.79. The quantitative estimate of drug-likeness (QED) is 0.0293. The highest BCUT2D eigenvalue weighted by molar-refractivity contribution is 5.84. The molecule has 8 atom stereocenters. The molecule has 0 aromatic rings. The molecule has 0 aliphatic carbocycles. The molecular formula is C58H104N2O14. The minimum atomic E-state index is -1.60. The summed E-state index contributed by atoms with van der Waals surface area (Å²) in [6, 6.07) is -3.01. The summed E-state index contributed by atoms with van der Waals surface area (Å²) in [5.41, 5.74) is 0. The van der Waals surface area contributed by atoms with Crippen molar-refractivity contribution in [1.82, 2.24) is 10.6 Å². The van der Waals surface area contributed by atoms with Crippen LogP contribution in [-0.4, -0.2) is 102 Å². The molecule has 0 bridgehead atoms. The molecule has 430 valence electrons. The Morgan fingerprint density at radius 2 is 0.946 bits per heavy atom. The number of carboxylic acid groups (broad SMARTS) is 1. The van der Waals surface area contributed by atoms with Gasteiger partial charge in [0.05, 0.1) is 12.5 Å². The Morgan fingerprint density at radius 3 is 1.38 bits per heavy atom. The summed E-state index contributed by atoms with van der Waals surface area (Å²) in [6.45, 7) is 11.0. The summed E-state index contributed by atoms with van der Waals surface area (Å²) >= 11 is 0. The molecule has 1 aliphatic rings. The van der Waals surface area contributed by atoms with Crippen molar-refractivity contribution >= 4 is 41.7 Å². The summed E-state index contributed by atoms with van der Waals surface area (Å²) in [4.78, 5) is 90.8. The summed E-state index contributed by atoms with van der Waals surface area (Å²) in [5.74, 6) is -5.19. The van der Waals surface area contributed by atoms with E-state index in [4.69, 9.17) is 28.4 Å². The summed E-state index contributed by atoms with van der Waals surface area (Å²) in [7, 11) is 0. The summed E-state index contributed by atoms with van der Waals surface area (Å²) in [5, 5.41) is 15.7. The maximum absolute atomic E-state index is 14.3. The second-order valence-corrected chi connectivity index (χ2v) is 20.8. The van der Waals surface area contributed by atoms with E-state index in [0.29, 0.717) is 19.3 Å². The van der Waals surface area contributed by atoms with Crippen LogP contribution in [0.1, 0.15) is 273 Å². The van der Waals surface area contributed by atoms with Gasteiger partial charge in [0, 0.05) is 33.6 Å². The van der Waals surface area contributed by atoms with Gasteiger partial charge in [-0.1, -0.05) is 201 Å². The minimum Gasteiger partial charge on any atom is -0.480 e. The number of hydrogen-bond acceptors (Lipinski definition) is 13. The number of carboxylic acids is 1. The largest absolute Gasteiger partial charge is 0.480 e.